The molecule has 2 aliphatic rings. The van der Waals surface area contributed by atoms with Crippen molar-refractivity contribution in [1.82, 2.24) is 14.5 Å². The Bertz CT molecular complexity index is 694. The second kappa shape index (κ2) is 9.66. The van der Waals surface area contributed by atoms with Gasteiger partial charge in [0.1, 0.15) is 0 Å². The van der Waals surface area contributed by atoms with Crippen LogP contribution >= 0.6 is 0 Å². The molecule has 1 N–H and O–H groups in total. The number of piperidine rings is 2. The normalized spacial score (nSPS) is 20.4. The maximum absolute atomic E-state index is 12.6. The van der Waals surface area contributed by atoms with Crippen LogP contribution in [0, 0.1) is 5.92 Å². The van der Waals surface area contributed by atoms with Gasteiger partial charge in [-0.05, 0) is 56.8 Å². The van der Waals surface area contributed by atoms with Gasteiger partial charge in [0.05, 0.1) is 4.90 Å². The number of benzene rings is 1. The fourth-order valence-electron chi connectivity index (χ4n) is 3.97. The van der Waals surface area contributed by atoms with E-state index in [0.717, 1.165) is 32.5 Å². The Morgan fingerprint density at radius 1 is 1.00 bits per heavy atom. The summed E-state index contributed by atoms with van der Waals surface area (Å²) >= 11 is 0. The number of carbonyl (C=O) groups excluding carboxylic acids is 1. The van der Waals surface area contributed by atoms with Crippen molar-refractivity contribution in [1.29, 1.82) is 0 Å². The molecule has 2 fully saturated rings. The molecule has 2 heterocycles. The van der Waals surface area contributed by atoms with Gasteiger partial charge in [-0.1, -0.05) is 24.6 Å². The molecule has 27 heavy (non-hydrogen) atoms. The van der Waals surface area contributed by atoms with Gasteiger partial charge in [-0.25, -0.2) is 8.42 Å². The first kappa shape index (κ1) is 20.3. The van der Waals surface area contributed by atoms with E-state index in [1.165, 1.54) is 19.3 Å². The molecule has 0 saturated carbocycles. The predicted octanol–water partition coefficient (Wildman–Crippen LogP) is 2.08. The Labute approximate surface area is 163 Å². The number of carbonyl (C=O) groups is 1. The van der Waals surface area contributed by atoms with Gasteiger partial charge in [0.25, 0.3) is 0 Å². The summed E-state index contributed by atoms with van der Waals surface area (Å²) in [5.41, 5.74) is 0. The summed E-state index contributed by atoms with van der Waals surface area (Å²) in [7, 11) is -3.41. The summed E-state index contributed by atoms with van der Waals surface area (Å²) in [5.74, 6) is 0.360. The Balaban J connectivity index is 1.38. The van der Waals surface area contributed by atoms with Crippen molar-refractivity contribution in [2.45, 2.75) is 43.4 Å². The molecule has 0 atom stereocenters. The first-order valence-corrected chi connectivity index (χ1v) is 11.5. The zero-order valence-electron chi connectivity index (χ0n) is 16.0. The first-order valence-electron chi connectivity index (χ1n) is 10.1. The fourth-order valence-corrected chi connectivity index (χ4v) is 5.46. The molecule has 0 aliphatic carbocycles. The van der Waals surface area contributed by atoms with Crippen LogP contribution in [0.1, 0.15) is 38.5 Å². The highest BCUT2D eigenvalue weighted by atomic mass is 32.2. The lowest BCUT2D eigenvalue weighted by atomic mass is 9.94. The average molecular weight is 394 g/mol. The molecule has 3 rings (SSSR count). The molecule has 150 valence electrons. The Morgan fingerprint density at radius 3 is 2.33 bits per heavy atom. The van der Waals surface area contributed by atoms with Gasteiger partial charge in [-0.3, -0.25) is 4.79 Å². The summed E-state index contributed by atoms with van der Waals surface area (Å²) in [6.45, 7) is 4.90. The highest BCUT2D eigenvalue weighted by molar-refractivity contribution is 7.89. The lowest BCUT2D eigenvalue weighted by Crippen LogP contribution is -2.40. The molecule has 2 aliphatic heterocycles. The smallest absolute Gasteiger partial charge is 0.243 e. The number of hydrogen-bond donors (Lipinski definition) is 1. The molecular formula is C20H31N3O3S. The van der Waals surface area contributed by atoms with Gasteiger partial charge in [-0.2, -0.15) is 4.31 Å². The number of hydrogen-bond acceptors (Lipinski definition) is 4. The molecule has 0 spiro atoms. The van der Waals surface area contributed by atoms with E-state index < -0.39 is 10.0 Å². The standard InChI is InChI=1S/C20H31N3O3S/c24-20(21-11-16-22-12-5-2-6-13-22)17-18-9-14-23(15-10-18)27(25,26)19-7-3-1-4-8-19/h1,3-4,7-8,18H,2,5-6,9-17H2,(H,21,24). The minimum atomic E-state index is -3.41. The minimum Gasteiger partial charge on any atom is -0.355 e. The van der Waals surface area contributed by atoms with Crippen LogP contribution in [0.15, 0.2) is 35.2 Å². The van der Waals surface area contributed by atoms with Crippen molar-refractivity contribution in [3.05, 3.63) is 30.3 Å². The molecule has 1 amide bonds. The summed E-state index contributed by atoms with van der Waals surface area (Å²) < 4.78 is 26.8. The largest absolute Gasteiger partial charge is 0.355 e. The molecular weight excluding hydrogens is 362 g/mol. The van der Waals surface area contributed by atoms with Gasteiger partial charge in [-0.15, -0.1) is 0 Å². The molecule has 0 aromatic heterocycles. The molecule has 0 bridgehead atoms. The van der Waals surface area contributed by atoms with Gasteiger partial charge in [0.2, 0.25) is 15.9 Å². The van der Waals surface area contributed by atoms with E-state index in [1.54, 1.807) is 28.6 Å². The molecule has 0 radical (unpaired) electrons. The number of rotatable bonds is 7. The van der Waals surface area contributed by atoms with Crippen LogP contribution in [0.3, 0.4) is 0 Å². The van der Waals surface area contributed by atoms with Crippen molar-refractivity contribution in [3.8, 4) is 0 Å². The third-order valence-electron chi connectivity index (χ3n) is 5.63. The maximum atomic E-state index is 12.6. The van der Waals surface area contributed by atoms with Crippen LogP contribution < -0.4 is 5.32 Å². The predicted molar refractivity (Wildman–Crippen MR) is 106 cm³/mol. The number of amides is 1. The molecule has 6 nitrogen and oxygen atoms in total. The zero-order valence-corrected chi connectivity index (χ0v) is 16.8. The van der Waals surface area contributed by atoms with Crippen molar-refractivity contribution >= 4 is 15.9 Å². The van der Waals surface area contributed by atoms with Crippen molar-refractivity contribution in [3.63, 3.8) is 0 Å². The van der Waals surface area contributed by atoms with Crippen LogP contribution in [-0.2, 0) is 14.8 Å². The van der Waals surface area contributed by atoms with Crippen LogP contribution in [0.25, 0.3) is 0 Å². The lowest BCUT2D eigenvalue weighted by molar-refractivity contribution is -0.122. The molecule has 1 aromatic rings. The van der Waals surface area contributed by atoms with Gasteiger partial charge < -0.3 is 10.2 Å². The second-order valence-electron chi connectivity index (χ2n) is 7.62. The maximum Gasteiger partial charge on any atom is 0.243 e. The minimum absolute atomic E-state index is 0.0939. The van der Waals surface area contributed by atoms with Crippen molar-refractivity contribution in [2.75, 3.05) is 39.3 Å². The van der Waals surface area contributed by atoms with E-state index in [1.807, 2.05) is 6.07 Å². The van der Waals surface area contributed by atoms with E-state index >= 15 is 0 Å². The Hall–Kier alpha value is -1.44. The van der Waals surface area contributed by atoms with Crippen molar-refractivity contribution < 1.29 is 13.2 Å². The average Bonchev–Trinajstić information content (AvgIpc) is 2.70. The Morgan fingerprint density at radius 2 is 1.67 bits per heavy atom. The number of likely N-dealkylation sites (tertiary alicyclic amines) is 1. The number of sulfonamides is 1. The van der Waals surface area contributed by atoms with E-state index in [-0.39, 0.29) is 11.8 Å². The zero-order chi connectivity index (χ0) is 19.1. The molecule has 1 aromatic carbocycles. The van der Waals surface area contributed by atoms with Gasteiger partial charge >= 0.3 is 0 Å². The molecule has 0 unspecified atom stereocenters. The quantitative estimate of drug-likeness (QED) is 0.770. The highest BCUT2D eigenvalue weighted by Crippen LogP contribution is 2.25. The van der Waals surface area contributed by atoms with Crippen molar-refractivity contribution in [2.24, 2.45) is 5.92 Å². The molecule has 2 saturated heterocycles. The monoisotopic (exact) mass is 393 g/mol. The summed E-state index contributed by atoms with van der Waals surface area (Å²) in [6.07, 6.45) is 5.83. The van der Waals surface area contributed by atoms with Crippen LogP contribution in [0.5, 0.6) is 0 Å². The SMILES string of the molecule is O=C(CC1CCN(S(=O)(=O)c2ccccc2)CC1)NCCN1CCCCC1. The molecule has 7 heteroatoms. The number of nitrogens with zero attached hydrogens (tertiary/aromatic N) is 2. The topological polar surface area (TPSA) is 69.7 Å². The summed E-state index contributed by atoms with van der Waals surface area (Å²) in [6, 6.07) is 8.57. The van der Waals surface area contributed by atoms with E-state index in [0.29, 0.717) is 31.0 Å². The van der Waals surface area contributed by atoms with Crippen LogP contribution in [0.4, 0.5) is 0 Å². The third-order valence-corrected chi connectivity index (χ3v) is 7.54. The fraction of sp³-hybridized carbons (Fsp3) is 0.650. The highest BCUT2D eigenvalue weighted by Gasteiger charge is 2.30. The third kappa shape index (κ3) is 5.77. The van der Waals surface area contributed by atoms with E-state index in [9.17, 15) is 13.2 Å². The lowest BCUT2D eigenvalue weighted by Gasteiger charge is -2.31. The summed E-state index contributed by atoms with van der Waals surface area (Å²) in [4.78, 5) is 15.0. The first-order chi connectivity index (χ1) is 13.1. The second-order valence-corrected chi connectivity index (χ2v) is 9.55. The summed E-state index contributed by atoms with van der Waals surface area (Å²) in [5, 5.41) is 3.03. The van der Waals surface area contributed by atoms with Crippen LogP contribution in [0.2, 0.25) is 0 Å². The van der Waals surface area contributed by atoms with Crippen LogP contribution in [-0.4, -0.2) is 62.8 Å². The van der Waals surface area contributed by atoms with E-state index in [4.69, 9.17) is 0 Å². The Kier molecular flexibility index (Phi) is 7.26. The van der Waals surface area contributed by atoms with E-state index in [2.05, 4.69) is 10.2 Å². The van der Waals surface area contributed by atoms with Gasteiger partial charge in [0.15, 0.2) is 0 Å². The number of nitrogens with one attached hydrogen (secondary N) is 1. The van der Waals surface area contributed by atoms with Gasteiger partial charge in [0, 0.05) is 32.6 Å².